The Morgan fingerprint density at radius 3 is 2.78 bits per heavy atom. The number of hydrogen-bond donors (Lipinski definition) is 1. The van der Waals surface area contributed by atoms with Crippen molar-refractivity contribution in [2.24, 2.45) is 0 Å². The number of likely N-dealkylation sites (N-methyl/N-ethyl adjacent to an activating group) is 1. The summed E-state index contributed by atoms with van der Waals surface area (Å²) in [5.74, 6) is -0.682. The number of pyridine rings is 1. The van der Waals surface area contributed by atoms with E-state index in [2.05, 4.69) is 37.8 Å². The summed E-state index contributed by atoms with van der Waals surface area (Å²) < 4.78 is 37.3. The molecule has 3 fully saturated rings. The Labute approximate surface area is 239 Å². The minimum atomic E-state index is -0.600. The topological polar surface area (TPSA) is 107 Å². The summed E-state index contributed by atoms with van der Waals surface area (Å²) in [5.41, 5.74) is 8.44. The number of halogens is 2. The van der Waals surface area contributed by atoms with Gasteiger partial charge in [0.25, 0.3) is 0 Å². The molecule has 1 atom stereocenters. The van der Waals surface area contributed by atoms with Gasteiger partial charge in [0, 0.05) is 66.8 Å². The van der Waals surface area contributed by atoms with Crippen molar-refractivity contribution in [3.63, 3.8) is 0 Å². The van der Waals surface area contributed by atoms with Gasteiger partial charge in [-0.2, -0.15) is 5.26 Å². The van der Waals surface area contributed by atoms with Crippen LogP contribution in [0.2, 0.25) is 0 Å². The largest absolute Gasteiger partial charge is 0.389 e. The minimum absolute atomic E-state index is 0.0996. The van der Waals surface area contributed by atoms with Crippen molar-refractivity contribution in [2.75, 3.05) is 50.4 Å². The summed E-state index contributed by atoms with van der Waals surface area (Å²) in [6.07, 6.45) is 6.30. The summed E-state index contributed by atoms with van der Waals surface area (Å²) in [6.45, 7) is 5.28. The molecule has 0 amide bonds. The molecule has 1 unspecified atom stereocenters. The maximum Gasteiger partial charge on any atom is 0.226 e. The number of nitrogens with two attached hydrogens (primary N) is 1. The van der Waals surface area contributed by atoms with Crippen LogP contribution in [0.3, 0.4) is 0 Å². The molecule has 1 aliphatic carbocycles. The Morgan fingerprint density at radius 1 is 1.15 bits per heavy atom. The van der Waals surface area contributed by atoms with Crippen LogP contribution in [0.15, 0.2) is 12.4 Å². The molecule has 4 aromatic rings. The van der Waals surface area contributed by atoms with Gasteiger partial charge in [0.05, 0.1) is 35.4 Å². The first-order valence-electron chi connectivity index (χ1n) is 13.9. The Morgan fingerprint density at radius 2 is 1.98 bits per heavy atom. The zero-order valence-electron chi connectivity index (χ0n) is 22.6. The van der Waals surface area contributed by atoms with Crippen LogP contribution in [0, 0.1) is 23.0 Å². The molecule has 2 N–H and O–H groups in total. The molecule has 3 aromatic heterocycles. The van der Waals surface area contributed by atoms with Crippen LogP contribution in [-0.2, 0) is 18.0 Å². The second-order valence-electron chi connectivity index (χ2n) is 11.7. The molecular weight excluding hydrogens is 546 g/mol. The number of nitrogen functional groups attached to an aromatic ring is 1. The quantitative estimate of drug-likeness (QED) is 0.388. The van der Waals surface area contributed by atoms with Gasteiger partial charge in [-0.1, -0.05) is 0 Å². The third-order valence-electron chi connectivity index (χ3n) is 9.55. The van der Waals surface area contributed by atoms with Crippen LogP contribution in [0.4, 0.5) is 19.7 Å². The standard InChI is InChI=1S/C29H28F2N8OS/c1-37-6-7-39(14-29(37)3-4-29)15-2-5-38(11-15)28-35-9-17-18-12-40-13-19(18)21(23(31)24(17)36-28)25-22-16(8-32)27(33)41-26(22)20(30)10-34-25/h9-10,15H,2-7,11-14,33H2,1H3. The van der Waals surface area contributed by atoms with Crippen LogP contribution in [-0.4, -0.2) is 76.1 Å². The summed E-state index contributed by atoms with van der Waals surface area (Å²) in [6, 6.07) is 2.47. The van der Waals surface area contributed by atoms with E-state index >= 15 is 4.39 Å². The SMILES string of the molecule is CN1CCN(C2CCN(c3ncc4c5c(c(-c6ncc(F)c7sc(N)c(C#N)c67)c(F)c4n3)COC5)C2)CC12CC2. The van der Waals surface area contributed by atoms with Gasteiger partial charge < -0.3 is 15.4 Å². The predicted octanol–water partition coefficient (Wildman–Crippen LogP) is 4.03. The molecule has 6 heterocycles. The van der Waals surface area contributed by atoms with Crippen LogP contribution in [0.25, 0.3) is 32.2 Å². The van der Waals surface area contributed by atoms with Crippen molar-refractivity contribution in [1.29, 1.82) is 5.26 Å². The number of benzene rings is 1. The van der Waals surface area contributed by atoms with E-state index in [4.69, 9.17) is 15.5 Å². The first kappa shape index (κ1) is 25.2. The molecule has 9 nitrogen and oxygen atoms in total. The molecule has 8 rings (SSSR count). The molecule has 1 spiro atoms. The summed E-state index contributed by atoms with van der Waals surface area (Å²) in [7, 11) is 2.24. The molecule has 1 saturated carbocycles. The van der Waals surface area contributed by atoms with Gasteiger partial charge in [-0.05, 0) is 37.4 Å². The Balaban J connectivity index is 1.21. The monoisotopic (exact) mass is 574 g/mol. The molecule has 1 aromatic carbocycles. The van der Waals surface area contributed by atoms with E-state index in [1.807, 2.05) is 0 Å². The highest BCUT2D eigenvalue weighted by atomic mass is 32.1. The number of nitrogens with zero attached hydrogens (tertiary/aromatic N) is 7. The Hall–Kier alpha value is -3.50. The Kier molecular flexibility index (Phi) is 5.54. The summed E-state index contributed by atoms with van der Waals surface area (Å²) in [4.78, 5) is 21.0. The highest BCUT2D eigenvalue weighted by Gasteiger charge is 2.50. The fraction of sp³-hybridized carbons (Fsp3) is 0.448. The number of nitriles is 1. The van der Waals surface area contributed by atoms with E-state index in [-0.39, 0.29) is 50.6 Å². The fourth-order valence-electron chi connectivity index (χ4n) is 7.00. The zero-order valence-corrected chi connectivity index (χ0v) is 23.4. The van der Waals surface area contributed by atoms with Crippen LogP contribution < -0.4 is 10.6 Å². The summed E-state index contributed by atoms with van der Waals surface area (Å²) in [5, 5.41) is 10.8. The third-order valence-corrected chi connectivity index (χ3v) is 10.6. The molecule has 41 heavy (non-hydrogen) atoms. The van der Waals surface area contributed by atoms with Gasteiger partial charge in [0.2, 0.25) is 5.95 Å². The van der Waals surface area contributed by atoms with Crippen LogP contribution in [0.1, 0.15) is 36.0 Å². The van der Waals surface area contributed by atoms with Crippen LogP contribution in [0.5, 0.6) is 0 Å². The number of anilines is 2. The minimum Gasteiger partial charge on any atom is -0.389 e. The van der Waals surface area contributed by atoms with Crippen LogP contribution >= 0.6 is 11.3 Å². The molecular formula is C29H28F2N8OS. The molecule has 4 aliphatic rings. The second kappa shape index (κ2) is 9.00. The van der Waals surface area contributed by atoms with E-state index < -0.39 is 11.6 Å². The maximum absolute atomic E-state index is 16.6. The van der Waals surface area contributed by atoms with Gasteiger partial charge in [0.15, 0.2) is 11.6 Å². The molecule has 210 valence electrons. The van der Waals surface area contributed by atoms with Crippen molar-refractivity contribution in [3.05, 3.63) is 40.7 Å². The molecule has 2 saturated heterocycles. The van der Waals surface area contributed by atoms with Crippen molar-refractivity contribution >= 4 is 43.3 Å². The second-order valence-corrected chi connectivity index (χ2v) is 12.7. The van der Waals surface area contributed by atoms with Crippen molar-refractivity contribution in [1.82, 2.24) is 24.8 Å². The molecule has 0 radical (unpaired) electrons. The van der Waals surface area contributed by atoms with Gasteiger partial charge in [0.1, 0.15) is 16.6 Å². The molecule has 3 aliphatic heterocycles. The number of thiophene rings is 1. The average molecular weight is 575 g/mol. The van der Waals surface area contributed by atoms with E-state index in [1.165, 1.54) is 12.8 Å². The number of piperazine rings is 1. The lowest BCUT2D eigenvalue weighted by Gasteiger charge is -2.42. The van der Waals surface area contributed by atoms with Crippen molar-refractivity contribution in [2.45, 2.75) is 44.1 Å². The van der Waals surface area contributed by atoms with E-state index in [0.717, 1.165) is 62.2 Å². The highest BCUT2D eigenvalue weighted by Crippen LogP contribution is 2.46. The zero-order chi connectivity index (χ0) is 28.0. The number of fused-ring (bicyclic) bond motifs is 4. The van der Waals surface area contributed by atoms with Crippen molar-refractivity contribution in [3.8, 4) is 17.3 Å². The van der Waals surface area contributed by atoms with Gasteiger partial charge in [-0.3, -0.25) is 14.8 Å². The first-order chi connectivity index (χ1) is 19.9. The average Bonchev–Trinajstić information content (AvgIpc) is 3.32. The van der Waals surface area contributed by atoms with Crippen molar-refractivity contribution < 1.29 is 13.5 Å². The van der Waals surface area contributed by atoms with Gasteiger partial charge in [-0.25, -0.2) is 18.7 Å². The molecule has 0 bridgehead atoms. The number of aromatic nitrogens is 3. The Bertz CT molecular complexity index is 1800. The lowest BCUT2D eigenvalue weighted by molar-refractivity contribution is 0.0569. The smallest absolute Gasteiger partial charge is 0.226 e. The van der Waals surface area contributed by atoms with Gasteiger partial charge in [-0.15, -0.1) is 11.3 Å². The third kappa shape index (κ3) is 3.69. The lowest BCUT2D eigenvalue weighted by atomic mass is 9.94. The summed E-state index contributed by atoms with van der Waals surface area (Å²) >= 11 is 0.964. The highest BCUT2D eigenvalue weighted by molar-refractivity contribution is 7.23. The normalized spacial score (nSPS) is 22.2. The number of ether oxygens (including phenoxy) is 1. The molecule has 12 heteroatoms. The maximum atomic E-state index is 16.6. The number of rotatable bonds is 3. The van der Waals surface area contributed by atoms with E-state index in [9.17, 15) is 9.65 Å². The van der Waals surface area contributed by atoms with E-state index in [1.54, 1.807) is 6.20 Å². The first-order valence-corrected chi connectivity index (χ1v) is 14.7. The van der Waals surface area contributed by atoms with Gasteiger partial charge >= 0.3 is 0 Å². The number of hydrogen-bond acceptors (Lipinski definition) is 10. The predicted molar refractivity (Wildman–Crippen MR) is 152 cm³/mol. The lowest BCUT2D eigenvalue weighted by Crippen LogP contribution is -2.56. The van der Waals surface area contributed by atoms with E-state index in [0.29, 0.717) is 28.5 Å². The fourth-order valence-corrected chi connectivity index (χ4v) is 7.92.